The molecule has 1 atom stereocenters. The predicted octanol–water partition coefficient (Wildman–Crippen LogP) is 1.82. The molecule has 0 spiro atoms. The van der Waals surface area contributed by atoms with Gasteiger partial charge in [-0.05, 0) is 25.5 Å². The highest BCUT2D eigenvalue weighted by Crippen LogP contribution is 2.18. The number of rotatable bonds is 7. The predicted molar refractivity (Wildman–Crippen MR) is 86.3 cm³/mol. The standard InChI is InChI=1S/C16H18F2N4O3/c1-3-10(2)20-13(23)9-22-15(24)7-5-12(21-22)11-4-6-14(19-8-11)25-16(17)18/h4-8,10,16H,3,9H2,1-2H3,(H,20,23)/t10-/m0/s1. The van der Waals surface area contributed by atoms with Crippen LogP contribution in [0.2, 0.25) is 0 Å². The Morgan fingerprint density at radius 1 is 1.32 bits per heavy atom. The van der Waals surface area contributed by atoms with Crippen molar-refractivity contribution < 1.29 is 18.3 Å². The number of aromatic nitrogens is 3. The summed E-state index contributed by atoms with van der Waals surface area (Å²) in [7, 11) is 0. The molecule has 2 heterocycles. The minimum Gasteiger partial charge on any atom is -0.417 e. The number of halogens is 2. The van der Waals surface area contributed by atoms with Crippen LogP contribution in [0.3, 0.4) is 0 Å². The normalized spacial score (nSPS) is 12.0. The summed E-state index contributed by atoms with van der Waals surface area (Å²) in [5.41, 5.74) is 0.457. The van der Waals surface area contributed by atoms with Crippen LogP contribution in [-0.4, -0.2) is 33.3 Å². The summed E-state index contributed by atoms with van der Waals surface area (Å²) in [4.78, 5) is 27.5. The van der Waals surface area contributed by atoms with Crippen LogP contribution in [0.1, 0.15) is 20.3 Å². The van der Waals surface area contributed by atoms with Gasteiger partial charge in [0.15, 0.2) is 0 Å². The van der Waals surface area contributed by atoms with Gasteiger partial charge in [-0.2, -0.15) is 13.9 Å². The van der Waals surface area contributed by atoms with Crippen molar-refractivity contribution >= 4 is 5.91 Å². The minimum atomic E-state index is -2.96. The molecule has 0 aromatic carbocycles. The highest BCUT2D eigenvalue weighted by atomic mass is 19.3. The van der Waals surface area contributed by atoms with E-state index in [0.717, 1.165) is 11.1 Å². The van der Waals surface area contributed by atoms with Gasteiger partial charge in [-0.1, -0.05) is 6.92 Å². The van der Waals surface area contributed by atoms with Crippen LogP contribution in [0.5, 0.6) is 5.88 Å². The number of alkyl halides is 2. The molecule has 7 nitrogen and oxygen atoms in total. The van der Waals surface area contributed by atoms with Gasteiger partial charge in [-0.15, -0.1) is 0 Å². The van der Waals surface area contributed by atoms with E-state index in [2.05, 4.69) is 20.1 Å². The second-order valence-corrected chi connectivity index (χ2v) is 5.35. The van der Waals surface area contributed by atoms with Crippen molar-refractivity contribution in [3.63, 3.8) is 0 Å². The quantitative estimate of drug-likeness (QED) is 0.821. The van der Waals surface area contributed by atoms with Crippen molar-refractivity contribution in [1.29, 1.82) is 0 Å². The Hall–Kier alpha value is -2.84. The highest BCUT2D eigenvalue weighted by Gasteiger charge is 2.11. The van der Waals surface area contributed by atoms with E-state index in [9.17, 15) is 18.4 Å². The molecular weight excluding hydrogens is 334 g/mol. The summed E-state index contributed by atoms with van der Waals surface area (Å²) in [5, 5.41) is 6.87. The van der Waals surface area contributed by atoms with Crippen LogP contribution in [0.25, 0.3) is 11.3 Å². The number of carbonyl (C=O) groups is 1. The van der Waals surface area contributed by atoms with Gasteiger partial charge in [0.05, 0.1) is 5.69 Å². The Labute approximate surface area is 142 Å². The Morgan fingerprint density at radius 2 is 2.08 bits per heavy atom. The van der Waals surface area contributed by atoms with Gasteiger partial charge in [0, 0.05) is 29.9 Å². The summed E-state index contributed by atoms with van der Waals surface area (Å²) in [6.45, 7) is 0.628. The molecule has 1 amide bonds. The second kappa shape index (κ2) is 8.32. The third kappa shape index (κ3) is 5.33. The van der Waals surface area contributed by atoms with Gasteiger partial charge in [0.2, 0.25) is 11.8 Å². The van der Waals surface area contributed by atoms with Crippen molar-refractivity contribution in [2.75, 3.05) is 0 Å². The summed E-state index contributed by atoms with van der Waals surface area (Å²) in [5.74, 6) is -0.542. The fraction of sp³-hybridized carbons (Fsp3) is 0.375. The molecule has 0 aliphatic rings. The first-order chi connectivity index (χ1) is 11.9. The first-order valence-electron chi connectivity index (χ1n) is 7.67. The SMILES string of the molecule is CC[C@H](C)NC(=O)Cn1nc(-c2ccc(OC(F)F)nc2)ccc1=O. The van der Waals surface area contributed by atoms with Crippen LogP contribution in [0.4, 0.5) is 8.78 Å². The van der Waals surface area contributed by atoms with Crippen molar-refractivity contribution in [3.05, 3.63) is 40.8 Å². The molecule has 134 valence electrons. The molecule has 0 bridgehead atoms. The number of hydrogen-bond acceptors (Lipinski definition) is 5. The number of carbonyl (C=O) groups excluding carboxylic acids is 1. The number of hydrogen-bond donors (Lipinski definition) is 1. The molecule has 0 unspecified atom stereocenters. The smallest absolute Gasteiger partial charge is 0.388 e. The molecular formula is C16H18F2N4O3. The summed E-state index contributed by atoms with van der Waals surface area (Å²) >= 11 is 0. The largest absolute Gasteiger partial charge is 0.417 e. The van der Waals surface area contributed by atoms with E-state index in [-0.39, 0.29) is 24.4 Å². The second-order valence-electron chi connectivity index (χ2n) is 5.35. The van der Waals surface area contributed by atoms with E-state index < -0.39 is 12.2 Å². The Kier molecular flexibility index (Phi) is 6.15. The average Bonchev–Trinajstić information content (AvgIpc) is 2.57. The van der Waals surface area contributed by atoms with Gasteiger partial charge in [-0.3, -0.25) is 9.59 Å². The minimum absolute atomic E-state index is 0.00189. The molecule has 0 aliphatic carbocycles. The molecule has 0 radical (unpaired) electrons. The molecule has 0 aliphatic heterocycles. The van der Waals surface area contributed by atoms with Gasteiger partial charge in [-0.25, -0.2) is 9.67 Å². The van der Waals surface area contributed by atoms with Gasteiger partial charge in [0.1, 0.15) is 6.54 Å². The van der Waals surface area contributed by atoms with Crippen LogP contribution in [0, 0.1) is 0 Å². The number of nitrogens with one attached hydrogen (secondary N) is 1. The topological polar surface area (TPSA) is 86.1 Å². The zero-order chi connectivity index (χ0) is 18.4. The van der Waals surface area contributed by atoms with Crippen molar-refractivity contribution in [1.82, 2.24) is 20.1 Å². The maximum atomic E-state index is 12.1. The summed E-state index contributed by atoms with van der Waals surface area (Å²) in [6, 6.07) is 5.51. The molecule has 9 heteroatoms. The fourth-order valence-corrected chi connectivity index (χ4v) is 1.97. The first-order valence-corrected chi connectivity index (χ1v) is 7.67. The molecule has 2 aromatic rings. The maximum Gasteiger partial charge on any atom is 0.388 e. The molecule has 2 aromatic heterocycles. The first kappa shape index (κ1) is 18.5. The number of nitrogens with zero attached hydrogens (tertiary/aromatic N) is 3. The molecule has 0 saturated heterocycles. The zero-order valence-electron chi connectivity index (χ0n) is 13.8. The lowest BCUT2D eigenvalue weighted by atomic mass is 10.2. The Bertz CT molecular complexity index is 778. The monoisotopic (exact) mass is 352 g/mol. The lowest BCUT2D eigenvalue weighted by Gasteiger charge is -2.12. The summed E-state index contributed by atoms with van der Waals surface area (Å²) < 4.78 is 29.5. The molecule has 2 rings (SSSR count). The number of ether oxygens (including phenoxy) is 1. The third-order valence-corrected chi connectivity index (χ3v) is 3.42. The van der Waals surface area contributed by atoms with E-state index in [4.69, 9.17) is 0 Å². The molecule has 25 heavy (non-hydrogen) atoms. The van der Waals surface area contributed by atoms with Crippen LogP contribution in [-0.2, 0) is 11.3 Å². The van der Waals surface area contributed by atoms with Crippen LogP contribution < -0.4 is 15.6 Å². The van der Waals surface area contributed by atoms with Crippen LogP contribution >= 0.6 is 0 Å². The zero-order valence-corrected chi connectivity index (χ0v) is 13.8. The highest BCUT2D eigenvalue weighted by molar-refractivity contribution is 5.75. The molecule has 0 fully saturated rings. The number of amides is 1. The van der Waals surface area contributed by atoms with E-state index in [1.807, 2.05) is 13.8 Å². The maximum absolute atomic E-state index is 12.1. The lowest BCUT2D eigenvalue weighted by molar-refractivity contribution is -0.122. The Balaban J connectivity index is 2.18. The van der Waals surface area contributed by atoms with Gasteiger partial charge < -0.3 is 10.1 Å². The van der Waals surface area contributed by atoms with E-state index in [1.54, 1.807) is 0 Å². The molecule has 0 saturated carbocycles. The van der Waals surface area contributed by atoms with E-state index in [1.165, 1.54) is 30.5 Å². The summed E-state index contributed by atoms with van der Waals surface area (Å²) in [6.07, 6.45) is 2.07. The third-order valence-electron chi connectivity index (χ3n) is 3.42. The van der Waals surface area contributed by atoms with E-state index >= 15 is 0 Å². The lowest BCUT2D eigenvalue weighted by Crippen LogP contribution is -2.37. The van der Waals surface area contributed by atoms with Crippen molar-refractivity contribution in [2.45, 2.75) is 39.5 Å². The van der Waals surface area contributed by atoms with Gasteiger partial charge in [0.25, 0.3) is 5.56 Å². The number of pyridine rings is 1. The van der Waals surface area contributed by atoms with E-state index in [0.29, 0.717) is 11.3 Å². The fourth-order valence-electron chi connectivity index (χ4n) is 1.97. The Morgan fingerprint density at radius 3 is 2.68 bits per heavy atom. The van der Waals surface area contributed by atoms with Crippen molar-refractivity contribution in [3.8, 4) is 17.1 Å². The van der Waals surface area contributed by atoms with Crippen molar-refractivity contribution in [2.24, 2.45) is 0 Å². The average molecular weight is 352 g/mol. The van der Waals surface area contributed by atoms with Gasteiger partial charge >= 0.3 is 6.61 Å². The van der Waals surface area contributed by atoms with Crippen LogP contribution in [0.15, 0.2) is 35.3 Å². The molecule has 1 N–H and O–H groups in total.